The van der Waals surface area contributed by atoms with Gasteiger partial charge >= 0.3 is 0 Å². The van der Waals surface area contributed by atoms with Gasteiger partial charge in [0.05, 0.1) is 13.2 Å². The van der Waals surface area contributed by atoms with E-state index in [4.69, 9.17) is 9.47 Å². The van der Waals surface area contributed by atoms with Gasteiger partial charge < -0.3 is 14.8 Å². The highest BCUT2D eigenvalue weighted by Crippen LogP contribution is 2.23. The second-order valence-electron chi connectivity index (χ2n) is 5.73. The standard InChI is InChI=1S/C17H29NO2/c1-13(2)18-12-15(10-14(3)19-4)11-16-8-6-7-9-17(16)20-5/h6-9,13-15,18H,10-12H2,1-5H3. The van der Waals surface area contributed by atoms with Gasteiger partial charge in [0.1, 0.15) is 5.75 Å². The first kappa shape index (κ1) is 17.0. The van der Waals surface area contributed by atoms with E-state index in [9.17, 15) is 0 Å². The Kier molecular flexibility index (Phi) is 7.63. The van der Waals surface area contributed by atoms with Gasteiger partial charge in [-0.3, -0.25) is 0 Å². The van der Waals surface area contributed by atoms with Gasteiger partial charge in [-0.15, -0.1) is 0 Å². The maximum Gasteiger partial charge on any atom is 0.122 e. The topological polar surface area (TPSA) is 30.5 Å². The van der Waals surface area contributed by atoms with Crippen molar-refractivity contribution in [2.45, 2.75) is 45.8 Å². The van der Waals surface area contributed by atoms with Crippen LogP contribution in [0.2, 0.25) is 0 Å². The highest BCUT2D eigenvalue weighted by Gasteiger charge is 2.16. The fourth-order valence-corrected chi connectivity index (χ4v) is 2.39. The molecule has 114 valence electrons. The number of hydrogen-bond donors (Lipinski definition) is 1. The molecule has 3 heteroatoms. The molecule has 2 unspecified atom stereocenters. The lowest BCUT2D eigenvalue weighted by atomic mass is 9.93. The largest absolute Gasteiger partial charge is 0.496 e. The van der Waals surface area contributed by atoms with Gasteiger partial charge in [-0.1, -0.05) is 32.0 Å². The first-order valence-electron chi connectivity index (χ1n) is 7.44. The summed E-state index contributed by atoms with van der Waals surface area (Å²) < 4.78 is 10.9. The summed E-state index contributed by atoms with van der Waals surface area (Å²) in [6.45, 7) is 7.49. The number of ether oxygens (including phenoxy) is 2. The number of methoxy groups -OCH3 is 2. The van der Waals surface area contributed by atoms with Crippen molar-refractivity contribution in [2.24, 2.45) is 5.92 Å². The van der Waals surface area contributed by atoms with E-state index in [2.05, 4.69) is 38.2 Å². The van der Waals surface area contributed by atoms with Gasteiger partial charge in [-0.05, 0) is 43.9 Å². The molecule has 0 fully saturated rings. The van der Waals surface area contributed by atoms with E-state index in [0.29, 0.717) is 12.0 Å². The zero-order valence-corrected chi connectivity index (χ0v) is 13.5. The van der Waals surface area contributed by atoms with Crippen LogP contribution in [0, 0.1) is 5.92 Å². The van der Waals surface area contributed by atoms with E-state index < -0.39 is 0 Å². The molecule has 0 aliphatic heterocycles. The molecule has 0 amide bonds. The average molecular weight is 279 g/mol. The van der Waals surface area contributed by atoms with Crippen LogP contribution >= 0.6 is 0 Å². The van der Waals surface area contributed by atoms with Crippen molar-refractivity contribution >= 4 is 0 Å². The molecule has 1 rings (SSSR count). The van der Waals surface area contributed by atoms with Crippen LogP contribution in [0.1, 0.15) is 32.8 Å². The summed E-state index contributed by atoms with van der Waals surface area (Å²) in [6, 6.07) is 8.78. The van der Waals surface area contributed by atoms with Crippen molar-refractivity contribution in [1.82, 2.24) is 5.32 Å². The van der Waals surface area contributed by atoms with Gasteiger partial charge in [-0.2, -0.15) is 0 Å². The second-order valence-corrected chi connectivity index (χ2v) is 5.73. The molecule has 0 bridgehead atoms. The molecule has 1 aromatic rings. The predicted molar refractivity (Wildman–Crippen MR) is 84.4 cm³/mol. The van der Waals surface area contributed by atoms with Crippen LogP contribution in [0.3, 0.4) is 0 Å². The number of benzene rings is 1. The van der Waals surface area contributed by atoms with Crippen molar-refractivity contribution in [1.29, 1.82) is 0 Å². The molecule has 0 radical (unpaired) electrons. The van der Waals surface area contributed by atoms with Crippen molar-refractivity contribution in [2.75, 3.05) is 20.8 Å². The Morgan fingerprint density at radius 1 is 1.10 bits per heavy atom. The maximum atomic E-state index is 5.45. The molecule has 0 aliphatic rings. The third-order valence-corrected chi connectivity index (χ3v) is 3.58. The molecule has 0 spiro atoms. The van der Waals surface area contributed by atoms with E-state index in [-0.39, 0.29) is 6.10 Å². The smallest absolute Gasteiger partial charge is 0.122 e. The summed E-state index contributed by atoms with van der Waals surface area (Å²) in [4.78, 5) is 0. The summed E-state index contributed by atoms with van der Waals surface area (Å²) in [7, 11) is 3.51. The summed E-state index contributed by atoms with van der Waals surface area (Å²) in [5.74, 6) is 1.52. The molecule has 0 saturated carbocycles. The first-order valence-corrected chi connectivity index (χ1v) is 7.44. The summed E-state index contributed by atoms with van der Waals surface area (Å²) in [5.41, 5.74) is 1.27. The van der Waals surface area contributed by atoms with Crippen molar-refractivity contribution in [3.63, 3.8) is 0 Å². The lowest BCUT2D eigenvalue weighted by Gasteiger charge is -2.23. The zero-order valence-electron chi connectivity index (χ0n) is 13.5. The monoisotopic (exact) mass is 279 g/mol. The molecule has 0 aromatic heterocycles. The van der Waals surface area contributed by atoms with Crippen LogP contribution in [0.5, 0.6) is 5.75 Å². The summed E-state index contributed by atoms with van der Waals surface area (Å²) >= 11 is 0. The molecular weight excluding hydrogens is 250 g/mol. The highest BCUT2D eigenvalue weighted by atomic mass is 16.5. The van der Waals surface area contributed by atoms with Crippen LogP contribution in [-0.4, -0.2) is 32.9 Å². The number of para-hydroxylation sites is 1. The lowest BCUT2D eigenvalue weighted by Crippen LogP contribution is -2.31. The van der Waals surface area contributed by atoms with Crippen LogP contribution in [0.25, 0.3) is 0 Å². The Bertz CT molecular complexity index is 379. The second kappa shape index (κ2) is 8.98. The van der Waals surface area contributed by atoms with E-state index in [1.165, 1.54) is 5.56 Å². The fourth-order valence-electron chi connectivity index (χ4n) is 2.39. The van der Waals surface area contributed by atoms with Crippen molar-refractivity contribution in [3.05, 3.63) is 29.8 Å². The Morgan fingerprint density at radius 3 is 2.40 bits per heavy atom. The summed E-state index contributed by atoms with van der Waals surface area (Å²) in [6.07, 6.45) is 2.34. The van der Waals surface area contributed by atoms with Gasteiger partial charge in [0, 0.05) is 13.2 Å². The van der Waals surface area contributed by atoms with Gasteiger partial charge in [0.25, 0.3) is 0 Å². The third kappa shape index (κ3) is 5.93. The normalized spacial score (nSPS) is 14.3. The Labute approximate surface area is 123 Å². The van der Waals surface area contributed by atoms with Crippen molar-refractivity contribution < 1.29 is 9.47 Å². The van der Waals surface area contributed by atoms with Crippen LogP contribution in [0.15, 0.2) is 24.3 Å². The molecule has 0 aliphatic carbocycles. The van der Waals surface area contributed by atoms with Gasteiger partial charge in [-0.25, -0.2) is 0 Å². The molecule has 20 heavy (non-hydrogen) atoms. The molecule has 1 N–H and O–H groups in total. The zero-order chi connectivity index (χ0) is 15.0. The first-order chi connectivity index (χ1) is 9.56. The third-order valence-electron chi connectivity index (χ3n) is 3.58. The lowest BCUT2D eigenvalue weighted by molar-refractivity contribution is 0.0941. The highest BCUT2D eigenvalue weighted by molar-refractivity contribution is 5.33. The number of nitrogens with one attached hydrogen (secondary N) is 1. The Hall–Kier alpha value is -1.06. The minimum Gasteiger partial charge on any atom is -0.496 e. The van der Waals surface area contributed by atoms with Crippen LogP contribution in [0.4, 0.5) is 0 Å². The molecule has 0 saturated heterocycles. The van der Waals surface area contributed by atoms with E-state index in [1.807, 2.05) is 12.1 Å². The van der Waals surface area contributed by atoms with Gasteiger partial charge in [0.15, 0.2) is 0 Å². The minimum atomic E-state index is 0.281. The quantitative estimate of drug-likeness (QED) is 0.752. The minimum absolute atomic E-state index is 0.281. The summed E-state index contributed by atoms with van der Waals surface area (Å²) in [5, 5.41) is 3.54. The average Bonchev–Trinajstić information content (AvgIpc) is 2.45. The Morgan fingerprint density at radius 2 is 1.80 bits per heavy atom. The van der Waals surface area contributed by atoms with Gasteiger partial charge in [0.2, 0.25) is 0 Å². The molecule has 3 nitrogen and oxygen atoms in total. The van der Waals surface area contributed by atoms with Crippen LogP contribution in [-0.2, 0) is 11.2 Å². The Balaban J connectivity index is 2.71. The molecule has 1 aromatic carbocycles. The van der Waals surface area contributed by atoms with Crippen molar-refractivity contribution in [3.8, 4) is 5.75 Å². The molecule has 0 heterocycles. The predicted octanol–water partition coefficient (Wildman–Crippen LogP) is 3.28. The fraction of sp³-hybridized carbons (Fsp3) is 0.647. The number of hydrogen-bond acceptors (Lipinski definition) is 3. The number of rotatable bonds is 9. The van der Waals surface area contributed by atoms with E-state index in [0.717, 1.165) is 25.1 Å². The SMILES string of the molecule is COc1ccccc1CC(CNC(C)C)CC(C)OC. The van der Waals surface area contributed by atoms with E-state index >= 15 is 0 Å². The molecular formula is C17H29NO2. The molecule has 2 atom stereocenters. The van der Waals surface area contributed by atoms with Crippen LogP contribution < -0.4 is 10.1 Å². The van der Waals surface area contributed by atoms with E-state index in [1.54, 1.807) is 14.2 Å². The maximum absolute atomic E-state index is 5.45.